The summed E-state index contributed by atoms with van der Waals surface area (Å²) in [6, 6.07) is 11.6. The fraction of sp³-hybridized carbons (Fsp3) is 0.333. The number of benzene rings is 2. The molecule has 0 bridgehead atoms. The average molecular weight is 230 g/mol. The number of ether oxygens (including phenoxy) is 1. The van der Waals surface area contributed by atoms with Crippen LogP contribution in [0.5, 0.6) is 11.5 Å². The molecule has 1 N–H and O–H groups in total. The molecule has 2 rings (SSSR count). The van der Waals surface area contributed by atoms with E-state index in [1.807, 2.05) is 37.3 Å². The summed E-state index contributed by atoms with van der Waals surface area (Å²) in [5, 5.41) is 12.0. The maximum absolute atomic E-state index is 9.90. The molecule has 0 heterocycles. The van der Waals surface area contributed by atoms with Crippen molar-refractivity contribution in [3.8, 4) is 11.5 Å². The van der Waals surface area contributed by atoms with Crippen LogP contribution in [0.25, 0.3) is 10.8 Å². The minimum absolute atomic E-state index is 0.132. The van der Waals surface area contributed by atoms with E-state index in [9.17, 15) is 5.11 Å². The standard InChI is InChI=1S/C15H18O2/c1-3-6-11(2)17-15-10-13-8-5-4-7-12(13)9-14(15)16/h4-5,7-11,16H,3,6H2,1-2H3. The van der Waals surface area contributed by atoms with Crippen LogP contribution in [0.3, 0.4) is 0 Å². The number of aromatic hydroxyl groups is 1. The molecular formula is C15H18O2. The Morgan fingerprint density at radius 1 is 1.18 bits per heavy atom. The van der Waals surface area contributed by atoms with Crippen LogP contribution in [0.15, 0.2) is 36.4 Å². The van der Waals surface area contributed by atoms with Gasteiger partial charge in [0.15, 0.2) is 11.5 Å². The first-order chi connectivity index (χ1) is 8.20. The quantitative estimate of drug-likeness (QED) is 0.856. The Hall–Kier alpha value is -1.70. The Kier molecular flexibility index (Phi) is 3.52. The van der Waals surface area contributed by atoms with Crippen molar-refractivity contribution in [2.45, 2.75) is 32.8 Å². The predicted octanol–water partition coefficient (Wildman–Crippen LogP) is 4.11. The molecule has 2 heteroatoms. The van der Waals surface area contributed by atoms with Gasteiger partial charge in [-0.1, -0.05) is 37.6 Å². The lowest BCUT2D eigenvalue weighted by Crippen LogP contribution is -2.10. The van der Waals surface area contributed by atoms with Crippen LogP contribution in [-0.2, 0) is 0 Å². The predicted molar refractivity (Wildman–Crippen MR) is 70.6 cm³/mol. The molecule has 0 spiro atoms. The second kappa shape index (κ2) is 5.09. The van der Waals surface area contributed by atoms with Crippen molar-refractivity contribution >= 4 is 10.8 Å². The van der Waals surface area contributed by atoms with Crippen LogP contribution < -0.4 is 4.74 Å². The summed E-state index contributed by atoms with van der Waals surface area (Å²) in [5.74, 6) is 0.788. The van der Waals surface area contributed by atoms with E-state index in [-0.39, 0.29) is 11.9 Å². The second-order valence-electron chi connectivity index (χ2n) is 4.38. The van der Waals surface area contributed by atoms with E-state index in [1.165, 1.54) is 0 Å². The van der Waals surface area contributed by atoms with E-state index in [1.54, 1.807) is 6.07 Å². The number of rotatable bonds is 4. The molecular weight excluding hydrogens is 212 g/mol. The minimum Gasteiger partial charge on any atom is -0.504 e. The molecule has 1 unspecified atom stereocenters. The van der Waals surface area contributed by atoms with Gasteiger partial charge in [-0.2, -0.15) is 0 Å². The highest BCUT2D eigenvalue weighted by atomic mass is 16.5. The molecule has 1 atom stereocenters. The van der Waals surface area contributed by atoms with Gasteiger partial charge in [0, 0.05) is 0 Å². The van der Waals surface area contributed by atoms with Crippen molar-refractivity contribution in [3.63, 3.8) is 0 Å². The first kappa shape index (κ1) is 11.8. The zero-order valence-corrected chi connectivity index (χ0v) is 10.3. The third-order valence-corrected chi connectivity index (χ3v) is 2.85. The van der Waals surface area contributed by atoms with E-state index in [2.05, 4.69) is 6.92 Å². The molecule has 17 heavy (non-hydrogen) atoms. The normalized spacial score (nSPS) is 12.6. The van der Waals surface area contributed by atoms with Crippen molar-refractivity contribution in [2.75, 3.05) is 0 Å². The summed E-state index contributed by atoms with van der Waals surface area (Å²) in [6.45, 7) is 4.15. The van der Waals surface area contributed by atoms with Crippen LogP contribution in [0.1, 0.15) is 26.7 Å². The monoisotopic (exact) mass is 230 g/mol. The molecule has 2 aromatic carbocycles. The maximum Gasteiger partial charge on any atom is 0.161 e. The summed E-state index contributed by atoms with van der Waals surface area (Å²) in [4.78, 5) is 0. The largest absolute Gasteiger partial charge is 0.504 e. The Labute approximate surface area is 102 Å². The van der Waals surface area contributed by atoms with Gasteiger partial charge >= 0.3 is 0 Å². The number of phenolic OH excluding ortho intramolecular Hbond substituents is 1. The van der Waals surface area contributed by atoms with Crippen LogP contribution in [0.4, 0.5) is 0 Å². The van der Waals surface area contributed by atoms with Crippen LogP contribution in [0.2, 0.25) is 0 Å². The molecule has 0 aromatic heterocycles. The number of hydrogen-bond donors (Lipinski definition) is 1. The molecule has 2 nitrogen and oxygen atoms in total. The van der Waals surface area contributed by atoms with Gasteiger partial charge in [0.05, 0.1) is 6.10 Å². The second-order valence-corrected chi connectivity index (χ2v) is 4.38. The Morgan fingerprint density at radius 2 is 1.82 bits per heavy atom. The van der Waals surface area contributed by atoms with Gasteiger partial charge in [-0.25, -0.2) is 0 Å². The van der Waals surface area contributed by atoms with Crippen molar-refractivity contribution in [2.24, 2.45) is 0 Å². The van der Waals surface area contributed by atoms with Crippen molar-refractivity contribution in [1.29, 1.82) is 0 Å². The lowest BCUT2D eigenvalue weighted by atomic mass is 10.1. The Balaban J connectivity index is 2.31. The zero-order chi connectivity index (χ0) is 12.3. The molecule has 2 aromatic rings. The molecule has 0 fully saturated rings. The van der Waals surface area contributed by atoms with Crippen molar-refractivity contribution in [1.82, 2.24) is 0 Å². The number of fused-ring (bicyclic) bond motifs is 1. The fourth-order valence-corrected chi connectivity index (χ4v) is 1.98. The Morgan fingerprint density at radius 3 is 2.47 bits per heavy atom. The van der Waals surface area contributed by atoms with Crippen molar-refractivity contribution in [3.05, 3.63) is 36.4 Å². The molecule has 0 aliphatic carbocycles. The van der Waals surface area contributed by atoms with E-state index in [0.717, 1.165) is 23.6 Å². The molecule has 0 saturated carbocycles. The lowest BCUT2D eigenvalue weighted by molar-refractivity contribution is 0.202. The lowest BCUT2D eigenvalue weighted by Gasteiger charge is -2.15. The first-order valence-electron chi connectivity index (χ1n) is 6.09. The number of phenols is 1. The van der Waals surface area contributed by atoms with Gasteiger partial charge in [0.2, 0.25) is 0 Å². The zero-order valence-electron chi connectivity index (χ0n) is 10.3. The summed E-state index contributed by atoms with van der Waals surface area (Å²) in [6.07, 6.45) is 2.20. The van der Waals surface area contributed by atoms with Crippen molar-refractivity contribution < 1.29 is 9.84 Å². The minimum atomic E-state index is 0.132. The summed E-state index contributed by atoms with van der Waals surface area (Å²) in [7, 11) is 0. The van der Waals surface area contributed by atoms with Crippen LogP contribution in [-0.4, -0.2) is 11.2 Å². The maximum atomic E-state index is 9.90. The third kappa shape index (κ3) is 2.70. The summed E-state index contributed by atoms with van der Waals surface area (Å²) < 4.78 is 5.74. The van der Waals surface area contributed by atoms with Gasteiger partial charge in [0.1, 0.15) is 0 Å². The van der Waals surface area contributed by atoms with E-state index in [0.29, 0.717) is 5.75 Å². The summed E-state index contributed by atoms with van der Waals surface area (Å²) >= 11 is 0. The van der Waals surface area contributed by atoms with Gasteiger partial charge in [-0.15, -0.1) is 0 Å². The highest BCUT2D eigenvalue weighted by Crippen LogP contribution is 2.32. The first-order valence-corrected chi connectivity index (χ1v) is 6.09. The molecule has 0 aliphatic rings. The number of hydrogen-bond acceptors (Lipinski definition) is 2. The van der Waals surface area contributed by atoms with Gasteiger partial charge in [-0.3, -0.25) is 0 Å². The fourth-order valence-electron chi connectivity index (χ4n) is 1.98. The molecule has 0 aliphatic heterocycles. The van der Waals surface area contributed by atoms with Crippen LogP contribution >= 0.6 is 0 Å². The smallest absolute Gasteiger partial charge is 0.161 e. The third-order valence-electron chi connectivity index (χ3n) is 2.85. The van der Waals surface area contributed by atoms with E-state index in [4.69, 9.17) is 4.74 Å². The van der Waals surface area contributed by atoms with Gasteiger partial charge in [0.25, 0.3) is 0 Å². The molecule has 0 amide bonds. The van der Waals surface area contributed by atoms with E-state index < -0.39 is 0 Å². The molecule has 0 saturated heterocycles. The van der Waals surface area contributed by atoms with Gasteiger partial charge in [-0.05, 0) is 36.2 Å². The topological polar surface area (TPSA) is 29.5 Å². The highest BCUT2D eigenvalue weighted by molar-refractivity contribution is 5.85. The summed E-state index contributed by atoms with van der Waals surface area (Å²) in [5.41, 5.74) is 0. The Bertz CT molecular complexity index is 505. The molecule has 90 valence electrons. The van der Waals surface area contributed by atoms with Crippen LogP contribution in [0, 0.1) is 0 Å². The SMILES string of the molecule is CCCC(C)Oc1cc2ccccc2cc1O. The highest BCUT2D eigenvalue weighted by Gasteiger charge is 2.08. The molecule has 0 radical (unpaired) electrons. The van der Waals surface area contributed by atoms with E-state index >= 15 is 0 Å². The van der Waals surface area contributed by atoms with Gasteiger partial charge < -0.3 is 9.84 Å². The average Bonchev–Trinajstić information content (AvgIpc) is 2.30.